The fourth-order valence-electron chi connectivity index (χ4n) is 2.33. The van der Waals surface area contributed by atoms with Gasteiger partial charge < -0.3 is 9.26 Å². The number of hydrogen-bond donors (Lipinski definition) is 0. The molecule has 0 amide bonds. The molecule has 0 unspecified atom stereocenters. The number of aromatic nitrogens is 1. The number of aryl methyl sites for hydroxylation is 2. The van der Waals surface area contributed by atoms with Gasteiger partial charge in [0.15, 0.2) is 17.8 Å². The number of aliphatic imine (C=N–C) groups is 1. The van der Waals surface area contributed by atoms with Crippen LogP contribution in [0.15, 0.2) is 44.7 Å². The lowest BCUT2D eigenvalue weighted by atomic mass is 10.2. The highest BCUT2D eigenvalue weighted by atomic mass is 32.2. The molecule has 0 saturated heterocycles. The lowest BCUT2D eigenvalue weighted by Gasteiger charge is -2.15. The molecule has 1 aromatic heterocycles. The van der Waals surface area contributed by atoms with Gasteiger partial charge in [-0.1, -0.05) is 22.9 Å². The van der Waals surface area contributed by atoms with E-state index < -0.39 is 21.3 Å². The second-order valence-electron chi connectivity index (χ2n) is 5.31. The van der Waals surface area contributed by atoms with Crippen molar-refractivity contribution >= 4 is 15.7 Å². The van der Waals surface area contributed by atoms with Crippen LogP contribution in [-0.2, 0) is 14.6 Å². The van der Waals surface area contributed by atoms with Crippen LogP contribution < -0.4 is 0 Å². The summed E-state index contributed by atoms with van der Waals surface area (Å²) >= 11 is 0. The highest BCUT2D eigenvalue weighted by Gasteiger charge is 2.43. The smallest absolute Gasteiger partial charge is 0.205 e. The van der Waals surface area contributed by atoms with Crippen molar-refractivity contribution < 1.29 is 17.7 Å². The van der Waals surface area contributed by atoms with Crippen LogP contribution in [0.3, 0.4) is 0 Å². The Balaban J connectivity index is 2.01. The molecular formula is C15H16N2O4S. The van der Waals surface area contributed by atoms with E-state index in [1.54, 1.807) is 44.2 Å². The molecule has 2 aromatic rings. The first-order chi connectivity index (χ1) is 10.4. The van der Waals surface area contributed by atoms with E-state index >= 15 is 0 Å². The molecule has 7 heteroatoms. The zero-order chi connectivity index (χ0) is 15.9. The highest BCUT2D eigenvalue weighted by molar-refractivity contribution is 7.92. The Hall–Kier alpha value is -2.15. The molecule has 1 aromatic carbocycles. The van der Waals surface area contributed by atoms with Gasteiger partial charge in [0.25, 0.3) is 0 Å². The highest BCUT2D eigenvalue weighted by Crippen LogP contribution is 2.35. The summed E-state index contributed by atoms with van der Waals surface area (Å²) < 4.78 is 36.4. The first kappa shape index (κ1) is 14.8. The maximum Gasteiger partial charge on any atom is 0.205 e. The molecule has 22 heavy (non-hydrogen) atoms. The van der Waals surface area contributed by atoms with Crippen molar-refractivity contribution in [3.63, 3.8) is 0 Å². The van der Waals surface area contributed by atoms with Crippen LogP contribution in [0.5, 0.6) is 0 Å². The van der Waals surface area contributed by atoms with Crippen molar-refractivity contribution in [2.24, 2.45) is 4.99 Å². The van der Waals surface area contributed by atoms with E-state index in [4.69, 9.17) is 9.26 Å². The minimum atomic E-state index is -3.68. The number of rotatable bonds is 3. The minimum Gasteiger partial charge on any atom is -0.466 e. The Morgan fingerprint density at radius 1 is 1.09 bits per heavy atom. The van der Waals surface area contributed by atoms with E-state index in [0.29, 0.717) is 17.4 Å². The zero-order valence-electron chi connectivity index (χ0n) is 12.5. The second kappa shape index (κ2) is 5.24. The Morgan fingerprint density at radius 2 is 1.77 bits per heavy atom. The fourth-order valence-corrected chi connectivity index (χ4v) is 3.93. The third-order valence-electron chi connectivity index (χ3n) is 3.46. The van der Waals surface area contributed by atoms with Gasteiger partial charge in [0, 0.05) is 13.0 Å². The van der Waals surface area contributed by atoms with E-state index in [1.165, 1.54) is 0 Å². The first-order valence-electron chi connectivity index (χ1n) is 6.83. The molecule has 2 atom stereocenters. The summed E-state index contributed by atoms with van der Waals surface area (Å²) in [7, 11) is -3.68. The van der Waals surface area contributed by atoms with E-state index in [0.717, 1.165) is 5.56 Å². The van der Waals surface area contributed by atoms with Crippen molar-refractivity contribution in [2.75, 3.05) is 0 Å². The Kier molecular flexibility index (Phi) is 3.52. The molecule has 3 rings (SSSR count). The number of benzene rings is 1. The molecule has 1 aliphatic heterocycles. The van der Waals surface area contributed by atoms with Gasteiger partial charge in [0.1, 0.15) is 0 Å². The van der Waals surface area contributed by atoms with Gasteiger partial charge in [-0.3, -0.25) is 0 Å². The molecule has 0 spiro atoms. The van der Waals surface area contributed by atoms with Crippen LogP contribution >= 0.6 is 0 Å². The van der Waals surface area contributed by atoms with Crippen LogP contribution in [-0.4, -0.2) is 24.8 Å². The quantitative estimate of drug-likeness (QED) is 0.868. The molecular weight excluding hydrogens is 304 g/mol. The van der Waals surface area contributed by atoms with Crippen molar-refractivity contribution in [2.45, 2.75) is 37.1 Å². The van der Waals surface area contributed by atoms with Gasteiger partial charge in [-0.15, -0.1) is 0 Å². The number of sulfone groups is 1. The van der Waals surface area contributed by atoms with E-state index in [9.17, 15) is 8.42 Å². The molecule has 0 saturated carbocycles. The molecule has 0 aliphatic carbocycles. The normalized spacial score (nSPS) is 21.5. The van der Waals surface area contributed by atoms with Gasteiger partial charge in [0.2, 0.25) is 15.2 Å². The number of hydrogen-bond acceptors (Lipinski definition) is 6. The molecule has 0 N–H and O–H groups in total. The van der Waals surface area contributed by atoms with Gasteiger partial charge in [-0.25, -0.2) is 13.4 Å². The van der Waals surface area contributed by atoms with Crippen molar-refractivity contribution in [3.8, 4) is 0 Å². The Bertz CT molecular complexity index is 821. The second-order valence-corrected chi connectivity index (χ2v) is 7.35. The summed E-state index contributed by atoms with van der Waals surface area (Å²) in [5, 5.41) is 2.72. The largest absolute Gasteiger partial charge is 0.466 e. The molecule has 116 valence electrons. The molecule has 0 fully saturated rings. The Labute approximate surface area is 128 Å². The van der Waals surface area contributed by atoms with Gasteiger partial charge in [-0.2, -0.15) is 0 Å². The summed E-state index contributed by atoms with van der Waals surface area (Å²) in [6.07, 6.45) is -0.812. The van der Waals surface area contributed by atoms with Crippen molar-refractivity contribution in [1.29, 1.82) is 0 Å². The van der Waals surface area contributed by atoms with Crippen molar-refractivity contribution in [3.05, 3.63) is 47.3 Å². The summed E-state index contributed by atoms with van der Waals surface area (Å²) in [5.41, 5.74) is 1.65. The minimum absolute atomic E-state index is 0.214. The standard InChI is InChI=1S/C15H16N2O4S/c1-9-4-6-12(7-5-9)22(18,19)15-14(20-11(3)16-15)13-8-10(2)17-21-13/h4-8,14-15H,1-3H3/t14-,15-/m0/s1. The Morgan fingerprint density at radius 3 is 2.36 bits per heavy atom. The lowest BCUT2D eigenvalue weighted by Crippen LogP contribution is -2.24. The summed E-state index contributed by atoms with van der Waals surface area (Å²) in [6.45, 7) is 5.29. The SMILES string of the molecule is CC1=N[C@@H](S(=O)(=O)c2ccc(C)cc2)[C@H](c2cc(C)no2)O1. The zero-order valence-corrected chi connectivity index (χ0v) is 13.3. The fraction of sp³-hybridized carbons (Fsp3) is 0.333. The molecule has 0 bridgehead atoms. The monoisotopic (exact) mass is 320 g/mol. The average molecular weight is 320 g/mol. The average Bonchev–Trinajstić information content (AvgIpc) is 3.05. The summed E-state index contributed by atoms with van der Waals surface area (Å²) in [6, 6.07) is 8.34. The lowest BCUT2D eigenvalue weighted by molar-refractivity contribution is 0.171. The topological polar surface area (TPSA) is 81.8 Å². The van der Waals surface area contributed by atoms with Gasteiger partial charge >= 0.3 is 0 Å². The predicted octanol–water partition coefficient (Wildman–Crippen LogP) is 2.58. The third-order valence-corrected chi connectivity index (χ3v) is 5.38. The number of nitrogens with zero attached hydrogens (tertiary/aromatic N) is 2. The maximum absolute atomic E-state index is 12.8. The number of ether oxygens (including phenoxy) is 1. The molecule has 0 radical (unpaired) electrons. The van der Waals surface area contributed by atoms with Crippen LogP contribution in [0.2, 0.25) is 0 Å². The van der Waals surface area contributed by atoms with Crippen LogP contribution in [0.1, 0.15) is 30.0 Å². The van der Waals surface area contributed by atoms with Gasteiger partial charge in [-0.05, 0) is 26.0 Å². The third kappa shape index (κ3) is 2.52. The van der Waals surface area contributed by atoms with E-state index in [2.05, 4.69) is 10.1 Å². The van der Waals surface area contributed by atoms with Crippen LogP contribution in [0.4, 0.5) is 0 Å². The predicted molar refractivity (Wildman–Crippen MR) is 80.3 cm³/mol. The van der Waals surface area contributed by atoms with Crippen LogP contribution in [0.25, 0.3) is 0 Å². The molecule has 1 aliphatic rings. The molecule has 6 nitrogen and oxygen atoms in total. The molecule has 2 heterocycles. The first-order valence-corrected chi connectivity index (χ1v) is 8.37. The van der Waals surface area contributed by atoms with E-state index in [1.807, 2.05) is 6.92 Å². The summed E-state index contributed by atoms with van der Waals surface area (Å²) in [4.78, 5) is 4.36. The summed E-state index contributed by atoms with van der Waals surface area (Å²) in [5.74, 6) is 0.679. The van der Waals surface area contributed by atoms with Gasteiger partial charge in [0.05, 0.1) is 10.6 Å². The van der Waals surface area contributed by atoms with Crippen LogP contribution in [0, 0.1) is 13.8 Å². The maximum atomic E-state index is 12.8. The van der Waals surface area contributed by atoms with Crippen molar-refractivity contribution in [1.82, 2.24) is 5.16 Å². The van der Waals surface area contributed by atoms with E-state index in [-0.39, 0.29) is 4.90 Å².